The van der Waals surface area contributed by atoms with Crippen LogP contribution in [0.1, 0.15) is 45.4 Å². The molecule has 6 heteroatoms. The molecular formula is C21H29N5O. The van der Waals surface area contributed by atoms with Crippen LogP contribution in [-0.4, -0.2) is 38.8 Å². The molecule has 1 aromatic heterocycles. The fourth-order valence-electron chi connectivity index (χ4n) is 4.50. The Kier molecular flexibility index (Phi) is 4.89. The van der Waals surface area contributed by atoms with E-state index < -0.39 is 0 Å². The van der Waals surface area contributed by atoms with Gasteiger partial charge in [-0.2, -0.15) is 0 Å². The van der Waals surface area contributed by atoms with Crippen LogP contribution in [0.3, 0.4) is 0 Å². The highest BCUT2D eigenvalue weighted by Crippen LogP contribution is 2.45. The summed E-state index contributed by atoms with van der Waals surface area (Å²) in [6.45, 7) is 7.27. The van der Waals surface area contributed by atoms with Gasteiger partial charge in [-0.05, 0) is 30.6 Å². The van der Waals surface area contributed by atoms with Crippen LogP contribution in [0.25, 0.3) is 11.4 Å². The first-order valence-electron chi connectivity index (χ1n) is 10.1. The highest BCUT2D eigenvalue weighted by molar-refractivity contribution is 5.74. The van der Waals surface area contributed by atoms with E-state index in [9.17, 15) is 4.79 Å². The molecule has 0 atom stereocenters. The van der Waals surface area contributed by atoms with Gasteiger partial charge in [0.25, 0.3) is 0 Å². The molecule has 0 saturated heterocycles. The van der Waals surface area contributed by atoms with Crippen LogP contribution in [0.15, 0.2) is 30.3 Å². The van der Waals surface area contributed by atoms with E-state index in [2.05, 4.69) is 33.9 Å². The molecule has 27 heavy (non-hydrogen) atoms. The Morgan fingerprint density at radius 1 is 1.19 bits per heavy atom. The lowest BCUT2D eigenvalue weighted by Crippen LogP contribution is -2.49. The number of carbonyl (C=O) groups excluding carboxylic acids is 1. The third-order valence-electron chi connectivity index (χ3n) is 5.94. The van der Waals surface area contributed by atoms with Crippen LogP contribution in [0.4, 0.5) is 4.79 Å². The number of amides is 2. The molecule has 1 aliphatic carbocycles. The number of carbonyl (C=O) groups is 1. The Labute approximate surface area is 161 Å². The van der Waals surface area contributed by atoms with Gasteiger partial charge in [0.2, 0.25) is 0 Å². The van der Waals surface area contributed by atoms with Gasteiger partial charge in [0.05, 0.1) is 6.54 Å². The second-order valence-corrected chi connectivity index (χ2v) is 8.49. The largest absolute Gasteiger partial charge is 0.337 e. The Balaban J connectivity index is 1.38. The molecule has 1 aliphatic heterocycles. The average Bonchev–Trinajstić information content (AvgIpc) is 3.07. The van der Waals surface area contributed by atoms with Gasteiger partial charge in [0.15, 0.2) is 11.6 Å². The molecule has 2 aromatic rings. The molecule has 2 heterocycles. The summed E-state index contributed by atoms with van der Waals surface area (Å²) < 4.78 is 2.13. The summed E-state index contributed by atoms with van der Waals surface area (Å²) in [5.74, 6) is 2.42. The Hall–Kier alpha value is -2.37. The standard InChI is InChI=1S/C21H29N5O/c1-16(2)13-21(9-6-10-21)15-22-20(27)25-11-12-26-18(14-25)23-24-19(26)17-7-4-3-5-8-17/h3-5,7-8,16H,6,9-15H2,1-2H3,(H,22,27). The number of nitrogens with one attached hydrogen (secondary N) is 1. The highest BCUT2D eigenvalue weighted by atomic mass is 16.2. The summed E-state index contributed by atoms with van der Waals surface area (Å²) in [5, 5.41) is 11.9. The van der Waals surface area contributed by atoms with Crippen LogP contribution < -0.4 is 5.32 Å². The van der Waals surface area contributed by atoms with Crippen molar-refractivity contribution in [3.8, 4) is 11.4 Å². The molecule has 0 spiro atoms. The molecule has 0 radical (unpaired) electrons. The van der Waals surface area contributed by atoms with E-state index in [4.69, 9.17) is 0 Å². The number of urea groups is 1. The highest BCUT2D eigenvalue weighted by Gasteiger charge is 2.38. The molecule has 0 bridgehead atoms. The van der Waals surface area contributed by atoms with Gasteiger partial charge in [-0.1, -0.05) is 50.6 Å². The topological polar surface area (TPSA) is 63.1 Å². The first kappa shape index (κ1) is 18.0. The van der Waals surface area contributed by atoms with Crippen LogP contribution >= 0.6 is 0 Å². The monoisotopic (exact) mass is 367 g/mol. The first-order chi connectivity index (χ1) is 13.1. The van der Waals surface area contributed by atoms with Crippen molar-refractivity contribution in [2.75, 3.05) is 13.1 Å². The Bertz CT molecular complexity index is 794. The van der Waals surface area contributed by atoms with E-state index in [0.29, 0.717) is 24.4 Å². The van der Waals surface area contributed by atoms with Crippen molar-refractivity contribution in [2.45, 2.75) is 52.6 Å². The van der Waals surface area contributed by atoms with Crippen LogP contribution in [0, 0.1) is 11.3 Å². The molecule has 1 fully saturated rings. The first-order valence-corrected chi connectivity index (χ1v) is 10.1. The molecule has 4 rings (SSSR count). The Morgan fingerprint density at radius 3 is 2.63 bits per heavy atom. The zero-order valence-corrected chi connectivity index (χ0v) is 16.3. The third-order valence-corrected chi connectivity index (χ3v) is 5.94. The van der Waals surface area contributed by atoms with Crippen molar-refractivity contribution in [1.29, 1.82) is 0 Å². The van der Waals surface area contributed by atoms with Gasteiger partial charge in [0.1, 0.15) is 0 Å². The second kappa shape index (κ2) is 7.33. The van der Waals surface area contributed by atoms with Gasteiger partial charge in [-0.15, -0.1) is 10.2 Å². The fourth-order valence-corrected chi connectivity index (χ4v) is 4.50. The van der Waals surface area contributed by atoms with Crippen molar-refractivity contribution in [3.05, 3.63) is 36.2 Å². The molecular weight excluding hydrogens is 338 g/mol. The van der Waals surface area contributed by atoms with E-state index in [0.717, 1.165) is 30.3 Å². The minimum Gasteiger partial charge on any atom is -0.337 e. The van der Waals surface area contributed by atoms with Gasteiger partial charge < -0.3 is 14.8 Å². The molecule has 2 amide bonds. The van der Waals surface area contributed by atoms with Gasteiger partial charge in [0, 0.05) is 25.2 Å². The lowest BCUT2D eigenvalue weighted by molar-refractivity contribution is 0.0959. The van der Waals surface area contributed by atoms with Crippen molar-refractivity contribution in [1.82, 2.24) is 25.0 Å². The summed E-state index contributed by atoms with van der Waals surface area (Å²) in [6.07, 6.45) is 4.96. The zero-order chi connectivity index (χ0) is 18.9. The maximum Gasteiger partial charge on any atom is 0.317 e. The maximum absolute atomic E-state index is 12.7. The second-order valence-electron chi connectivity index (χ2n) is 8.49. The van der Waals surface area contributed by atoms with Crippen molar-refractivity contribution < 1.29 is 4.79 Å². The number of hydrogen-bond donors (Lipinski definition) is 1. The summed E-state index contributed by atoms with van der Waals surface area (Å²) in [6, 6.07) is 10.1. The number of nitrogens with zero attached hydrogens (tertiary/aromatic N) is 4. The van der Waals surface area contributed by atoms with Crippen molar-refractivity contribution in [2.24, 2.45) is 11.3 Å². The summed E-state index contributed by atoms with van der Waals surface area (Å²) in [4.78, 5) is 14.6. The minimum absolute atomic E-state index is 0.0283. The third kappa shape index (κ3) is 3.70. The Morgan fingerprint density at radius 2 is 1.96 bits per heavy atom. The molecule has 0 unspecified atom stereocenters. The summed E-state index contributed by atoms with van der Waals surface area (Å²) >= 11 is 0. The number of aromatic nitrogens is 3. The summed E-state index contributed by atoms with van der Waals surface area (Å²) in [5.41, 5.74) is 1.38. The van der Waals surface area contributed by atoms with E-state index in [1.165, 1.54) is 25.7 Å². The number of rotatable bonds is 5. The normalized spacial score (nSPS) is 18.1. The minimum atomic E-state index is 0.0283. The molecule has 1 aromatic carbocycles. The maximum atomic E-state index is 12.7. The lowest BCUT2D eigenvalue weighted by Gasteiger charge is -2.44. The van der Waals surface area contributed by atoms with E-state index in [-0.39, 0.29) is 6.03 Å². The number of hydrogen-bond acceptors (Lipinski definition) is 3. The molecule has 1 N–H and O–H groups in total. The SMILES string of the molecule is CC(C)CC1(CNC(=O)N2CCn3c(nnc3-c3ccccc3)C2)CCC1. The molecule has 144 valence electrons. The van der Waals surface area contributed by atoms with Crippen LogP contribution in [0.5, 0.6) is 0 Å². The smallest absolute Gasteiger partial charge is 0.317 e. The predicted molar refractivity (Wildman–Crippen MR) is 105 cm³/mol. The number of fused-ring (bicyclic) bond motifs is 1. The van der Waals surface area contributed by atoms with Crippen molar-refractivity contribution >= 4 is 6.03 Å². The average molecular weight is 367 g/mol. The molecule has 2 aliphatic rings. The van der Waals surface area contributed by atoms with Gasteiger partial charge in [-0.25, -0.2) is 4.79 Å². The van der Waals surface area contributed by atoms with Gasteiger partial charge >= 0.3 is 6.03 Å². The van der Waals surface area contributed by atoms with E-state index in [1.54, 1.807) is 0 Å². The summed E-state index contributed by atoms with van der Waals surface area (Å²) in [7, 11) is 0. The van der Waals surface area contributed by atoms with Crippen LogP contribution in [-0.2, 0) is 13.1 Å². The quantitative estimate of drug-likeness (QED) is 0.877. The van der Waals surface area contributed by atoms with E-state index in [1.807, 2.05) is 35.2 Å². The predicted octanol–water partition coefficient (Wildman–Crippen LogP) is 3.69. The van der Waals surface area contributed by atoms with Gasteiger partial charge in [-0.3, -0.25) is 0 Å². The fraction of sp³-hybridized carbons (Fsp3) is 0.571. The lowest BCUT2D eigenvalue weighted by atomic mass is 9.64. The number of benzene rings is 1. The zero-order valence-electron chi connectivity index (χ0n) is 16.3. The van der Waals surface area contributed by atoms with E-state index >= 15 is 0 Å². The molecule has 1 saturated carbocycles. The van der Waals surface area contributed by atoms with Crippen molar-refractivity contribution in [3.63, 3.8) is 0 Å². The molecule has 6 nitrogen and oxygen atoms in total. The van der Waals surface area contributed by atoms with Crippen LogP contribution in [0.2, 0.25) is 0 Å².